The summed E-state index contributed by atoms with van der Waals surface area (Å²) in [5.41, 5.74) is 2.40. The number of hydrogen-bond donors (Lipinski definition) is 1. The normalized spacial score (nSPS) is 10.4. The SMILES string of the molecule is CCOC(=O)c1c([N+](=O)[O-])cc(N)nc1C(F)F. The molecule has 0 unspecified atom stereocenters. The topological polar surface area (TPSA) is 108 Å². The lowest BCUT2D eigenvalue weighted by atomic mass is 10.1. The van der Waals surface area contributed by atoms with Crippen molar-refractivity contribution in [2.45, 2.75) is 13.3 Å². The fraction of sp³-hybridized carbons (Fsp3) is 0.333. The number of aromatic nitrogens is 1. The summed E-state index contributed by atoms with van der Waals surface area (Å²) in [6.07, 6.45) is -3.17. The second kappa shape index (κ2) is 5.34. The summed E-state index contributed by atoms with van der Waals surface area (Å²) in [5.74, 6) is -1.70. The number of carbonyl (C=O) groups is 1. The number of hydrogen-bond acceptors (Lipinski definition) is 6. The molecule has 0 saturated carbocycles. The molecule has 0 fully saturated rings. The Balaban J connectivity index is 3.50. The summed E-state index contributed by atoms with van der Waals surface area (Å²) in [6.45, 7) is 1.33. The first-order valence-corrected chi connectivity index (χ1v) is 4.78. The number of nitro groups is 1. The molecule has 18 heavy (non-hydrogen) atoms. The lowest BCUT2D eigenvalue weighted by Gasteiger charge is -2.08. The smallest absolute Gasteiger partial charge is 0.347 e. The van der Waals surface area contributed by atoms with Gasteiger partial charge in [0.2, 0.25) is 0 Å². The fourth-order valence-corrected chi connectivity index (χ4v) is 1.29. The summed E-state index contributed by atoms with van der Waals surface area (Å²) in [4.78, 5) is 24.4. The van der Waals surface area contributed by atoms with Crippen LogP contribution in [0, 0.1) is 10.1 Å². The molecular weight excluding hydrogens is 252 g/mol. The fourth-order valence-electron chi connectivity index (χ4n) is 1.29. The van der Waals surface area contributed by atoms with Gasteiger partial charge >= 0.3 is 5.97 Å². The van der Waals surface area contributed by atoms with E-state index in [0.29, 0.717) is 0 Å². The molecule has 1 aromatic rings. The molecule has 1 rings (SSSR count). The van der Waals surface area contributed by atoms with E-state index in [1.54, 1.807) is 0 Å². The first-order valence-electron chi connectivity index (χ1n) is 4.78. The highest BCUT2D eigenvalue weighted by Gasteiger charge is 2.31. The minimum atomic E-state index is -3.17. The highest BCUT2D eigenvalue weighted by molar-refractivity contribution is 5.95. The molecule has 0 saturated heterocycles. The quantitative estimate of drug-likeness (QED) is 0.501. The van der Waals surface area contributed by atoms with Crippen LogP contribution in [0.2, 0.25) is 0 Å². The first-order chi connectivity index (χ1) is 8.38. The van der Waals surface area contributed by atoms with Gasteiger partial charge in [-0.05, 0) is 6.92 Å². The lowest BCUT2D eigenvalue weighted by molar-refractivity contribution is -0.385. The van der Waals surface area contributed by atoms with Crippen LogP contribution in [0.15, 0.2) is 6.07 Å². The molecule has 0 radical (unpaired) electrons. The number of halogens is 2. The van der Waals surface area contributed by atoms with Gasteiger partial charge < -0.3 is 10.5 Å². The molecule has 0 aliphatic heterocycles. The van der Waals surface area contributed by atoms with Crippen molar-refractivity contribution in [3.8, 4) is 0 Å². The van der Waals surface area contributed by atoms with Gasteiger partial charge in [0.15, 0.2) is 5.56 Å². The Morgan fingerprint density at radius 1 is 1.67 bits per heavy atom. The Bertz CT molecular complexity index is 493. The van der Waals surface area contributed by atoms with Crippen molar-refractivity contribution in [2.24, 2.45) is 0 Å². The Labute approximate surface area is 99.7 Å². The predicted octanol–water partition coefficient (Wildman–Crippen LogP) is 1.69. The van der Waals surface area contributed by atoms with Crippen LogP contribution in [0.3, 0.4) is 0 Å². The standard InChI is InChI=1S/C9H9F2N3O4/c1-2-18-9(15)6-4(14(16)17)3-5(12)13-7(6)8(10)11/h3,8H,2H2,1H3,(H2,12,13). The number of carbonyl (C=O) groups excluding carboxylic acids is 1. The van der Waals surface area contributed by atoms with Crippen molar-refractivity contribution in [1.29, 1.82) is 0 Å². The average Bonchev–Trinajstić information content (AvgIpc) is 2.27. The summed E-state index contributed by atoms with van der Waals surface area (Å²) in [6, 6.07) is 0.734. The van der Waals surface area contributed by atoms with Gasteiger partial charge in [-0.1, -0.05) is 0 Å². The van der Waals surface area contributed by atoms with Gasteiger partial charge in [-0.25, -0.2) is 18.6 Å². The van der Waals surface area contributed by atoms with Crippen molar-refractivity contribution in [1.82, 2.24) is 4.98 Å². The molecule has 0 aliphatic carbocycles. The predicted molar refractivity (Wildman–Crippen MR) is 56.2 cm³/mol. The van der Waals surface area contributed by atoms with Crippen molar-refractivity contribution in [3.63, 3.8) is 0 Å². The molecule has 9 heteroatoms. The van der Waals surface area contributed by atoms with Crippen LogP contribution < -0.4 is 5.73 Å². The van der Waals surface area contributed by atoms with E-state index in [4.69, 9.17) is 5.73 Å². The van der Waals surface area contributed by atoms with Gasteiger partial charge in [0.25, 0.3) is 12.1 Å². The number of alkyl halides is 2. The maximum Gasteiger partial charge on any atom is 0.347 e. The largest absolute Gasteiger partial charge is 0.462 e. The van der Waals surface area contributed by atoms with Crippen LogP contribution in [0.1, 0.15) is 29.4 Å². The third-order valence-electron chi connectivity index (χ3n) is 1.93. The molecule has 98 valence electrons. The van der Waals surface area contributed by atoms with E-state index in [-0.39, 0.29) is 6.61 Å². The molecule has 2 N–H and O–H groups in total. The highest BCUT2D eigenvalue weighted by Crippen LogP contribution is 2.30. The van der Waals surface area contributed by atoms with Crippen LogP contribution in [0.5, 0.6) is 0 Å². The van der Waals surface area contributed by atoms with E-state index >= 15 is 0 Å². The van der Waals surface area contributed by atoms with Gasteiger partial charge in [-0.15, -0.1) is 0 Å². The molecule has 1 heterocycles. The molecule has 0 atom stereocenters. The number of esters is 1. The number of nitrogens with zero attached hydrogens (tertiary/aromatic N) is 2. The zero-order chi connectivity index (χ0) is 13.9. The van der Waals surface area contributed by atoms with Crippen LogP contribution in [0.25, 0.3) is 0 Å². The summed E-state index contributed by atoms with van der Waals surface area (Å²) in [5, 5.41) is 10.7. The first kappa shape index (κ1) is 13.7. The lowest BCUT2D eigenvalue weighted by Crippen LogP contribution is -2.14. The zero-order valence-corrected chi connectivity index (χ0v) is 9.22. The van der Waals surface area contributed by atoms with Crippen molar-refractivity contribution in [2.75, 3.05) is 12.3 Å². The summed E-state index contributed by atoms with van der Waals surface area (Å²) >= 11 is 0. The maximum atomic E-state index is 12.7. The van der Waals surface area contributed by atoms with Gasteiger partial charge in [0.05, 0.1) is 17.6 Å². The molecule has 0 bridgehead atoms. The minimum absolute atomic E-state index is 0.108. The molecular formula is C9H9F2N3O4. The number of pyridine rings is 1. The third kappa shape index (κ3) is 2.67. The monoisotopic (exact) mass is 261 g/mol. The van der Waals surface area contributed by atoms with Crippen LogP contribution in [-0.2, 0) is 4.74 Å². The summed E-state index contributed by atoms with van der Waals surface area (Å²) < 4.78 is 29.9. The van der Waals surface area contributed by atoms with E-state index in [0.717, 1.165) is 6.07 Å². The maximum absolute atomic E-state index is 12.7. The van der Waals surface area contributed by atoms with Gasteiger partial charge in [-0.2, -0.15) is 0 Å². The molecule has 0 aromatic carbocycles. The molecule has 7 nitrogen and oxygen atoms in total. The number of ether oxygens (including phenoxy) is 1. The molecule has 1 aromatic heterocycles. The molecule has 0 aliphatic rings. The van der Waals surface area contributed by atoms with E-state index in [9.17, 15) is 23.7 Å². The summed E-state index contributed by atoms with van der Waals surface area (Å²) in [7, 11) is 0. The second-order valence-corrected chi connectivity index (χ2v) is 3.10. The van der Waals surface area contributed by atoms with E-state index < -0.39 is 40.1 Å². The van der Waals surface area contributed by atoms with Crippen LogP contribution in [0.4, 0.5) is 20.3 Å². The van der Waals surface area contributed by atoms with E-state index in [1.165, 1.54) is 6.92 Å². The number of rotatable bonds is 4. The Hall–Kier alpha value is -2.32. The second-order valence-electron chi connectivity index (χ2n) is 3.10. The van der Waals surface area contributed by atoms with Crippen LogP contribution in [-0.4, -0.2) is 22.5 Å². The number of nitrogen functional groups attached to an aromatic ring is 1. The van der Waals surface area contributed by atoms with E-state index in [1.807, 2.05) is 0 Å². The highest BCUT2D eigenvalue weighted by atomic mass is 19.3. The van der Waals surface area contributed by atoms with Gasteiger partial charge in [-0.3, -0.25) is 10.1 Å². The van der Waals surface area contributed by atoms with Gasteiger partial charge in [0.1, 0.15) is 11.5 Å². The molecule has 0 amide bonds. The third-order valence-corrected chi connectivity index (χ3v) is 1.93. The van der Waals surface area contributed by atoms with E-state index in [2.05, 4.69) is 9.72 Å². The Morgan fingerprint density at radius 2 is 2.28 bits per heavy atom. The zero-order valence-electron chi connectivity index (χ0n) is 9.22. The Kier molecular flexibility index (Phi) is 4.08. The van der Waals surface area contributed by atoms with Gasteiger partial charge in [0, 0.05) is 0 Å². The van der Waals surface area contributed by atoms with Crippen molar-refractivity contribution in [3.05, 3.63) is 27.4 Å². The minimum Gasteiger partial charge on any atom is -0.462 e. The Morgan fingerprint density at radius 3 is 2.72 bits per heavy atom. The van der Waals surface area contributed by atoms with Crippen LogP contribution >= 0.6 is 0 Å². The van der Waals surface area contributed by atoms with Crippen molar-refractivity contribution < 1.29 is 23.2 Å². The number of anilines is 1. The number of nitrogens with two attached hydrogens (primary N) is 1. The molecule has 0 spiro atoms. The van der Waals surface area contributed by atoms with Crippen molar-refractivity contribution >= 4 is 17.5 Å². The average molecular weight is 261 g/mol.